The van der Waals surface area contributed by atoms with Crippen LogP contribution in [0.1, 0.15) is 5.56 Å². The molecule has 0 spiro atoms. The zero-order valence-corrected chi connectivity index (χ0v) is 8.23. The van der Waals surface area contributed by atoms with Crippen LogP contribution >= 0.6 is 0 Å². The molecular formula is C10H12N4. The molecular weight excluding hydrogens is 176 g/mol. The van der Waals surface area contributed by atoms with Crippen LogP contribution in [0.3, 0.4) is 0 Å². The predicted octanol–water partition coefficient (Wildman–Crippen LogP) is 1.37. The van der Waals surface area contributed by atoms with Gasteiger partial charge in [0.25, 0.3) is 0 Å². The van der Waals surface area contributed by atoms with Gasteiger partial charge in [-0.05, 0) is 18.6 Å². The van der Waals surface area contributed by atoms with E-state index in [9.17, 15) is 0 Å². The molecule has 0 aliphatic carbocycles. The molecule has 2 aromatic rings. The summed E-state index contributed by atoms with van der Waals surface area (Å²) in [5.41, 5.74) is 8.78. The largest absolute Gasteiger partial charge is 0.384 e. The van der Waals surface area contributed by atoms with Gasteiger partial charge in [-0.1, -0.05) is 0 Å². The third-order valence-electron chi connectivity index (χ3n) is 2.21. The monoisotopic (exact) mass is 188 g/mol. The average molecular weight is 188 g/mol. The highest BCUT2D eigenvalue weighted by Gasteiger charge is 2.06. The van der Waals surface area contributed by atoms with Gasteiger partial charge in [0, 0.05) is 31.1 Å². The molecule has 0 fully saturated rings. The molecule has 0 aliphatic heterocycles. The van der Waals surface area contributed by atoms with E-state index >= 15 is 0 Å². The third kappa shape index (κ3) is 1.35. The van der Waals surface area contributed by atoms with E-state index in [1.165, 1.54) is 0 Å². The summed E-state index contributed by atoms with van der Waals surface area (Å²) >= 11 is 0. The van der Waals surface area contributed by atoms with Crippen molar-refractivity contribution in [3.8, 4) is 11.3 Å². The summed E-state index contributed by atoms with van der Waals surface area (Å²) in [6.45, 7) is 2.01. The van der Waals surface area contributed by atoms with Crippen LogP contribution in [-0.2, 0) is 7.05 Å². The van der Waals surface area contributed by atoms with Crippen LogP contribution in [0, 0.1) is 6.92 Å². The molecule has 4 heteroatoms. The quantitative estimate of drug-likeness (QED) is 0.735. The van der Waals surface area contributed by atoms with Crippen molar-refractivity contribution in [1.29, 1.82) is 0 Å². The topological polar surface area (TPSA) is 56.7 Å². The van der Waals surface area contributed by atoms with E-state index in [1.807, 2.05) is 32.3 Å². The summed E-state index contributed by atoms with van der Waals surface area (Å²) < 4.78 is 1.66. The SMILES string of the molecule is Cc1cnccc1-c1cc(N)n(C)n1. The highest BCUT2D eigenvalue weighted by atomic mass is 15.3. The second-order valence-corrected chi connectivity index (χ2v) is 3.27. The molecule has 2 heterocycles. The second kappa shape index (κ2) is 3.14. The van der Waals surface area contributed by atoms with Crippen LogP contribution in [0.15, 0.2) is 24.5 Å². The number of nitrogens with two attached hydrogens (primary N) is 1. The number of rotatable bonds is 1. The molecule has 0 atom stereocenters. The van der Waals surface area contributed by atoms with Crippen LogP contribution < -0.4 is 5.73 Å². The van der Waals surface area contributed by atoms with Crippen molar-refractivity contribution in [3.05, 3.63) is 30.1 Å². The van der Waals surface area contributed by atoms with Gasteiger partial charge in [0.2, 0.25) is 0 Å². The first-order valence-electron chi connectivity index (χ1n) is 4.39. The normalized spacial score (nSPS) is 10.4. The van der Waals surface area contributed by atoms with Crippen LogP contribution in [0.4, 0.5) is 5.82 Å². The maximum absolute atomic E-state index is 5.71. The minimum absolute atomic E-state index is 0.663. The lowest BCUT2D eigenvalue weighted by atomic mass is 10.1. The van der Waals surface area contributed by atoms with Crippen molar-refractivity contribution in [3.63, 3.8) is 0 Å². The van der Waals surface area contributed by atoms with Crippen molar-refractivity contribution in [1.82, 2.24) is 14.8 Å². The van der Waals surface area contributed by atoms with Crippen LogP contribution in [0.25, 0.3) is 11.3 Å². The number of hydrogen-bond acceptors (Lipinski definition) is 3. The Kier molecular flexibility index (Phi) is 1.96. The molecule has 14 heavy (non-hydrogen) atoms. The predicted molar refractivity (Wildman–Crippen MR) is 55.6 cm³/mol. The van der Waals surface area contributed by atoms with E-state index in [0.29, 0.717) is 5.82 Å². The van der Waals surface area contributed by atoms with Crippen molar-refractivity contribution in [2.75, 3.05) is 5.73 Å². The van der Waals surface area contributed by atoms with Gasteiger partial charge >= 0.3 is 0 Å². The second-order valence-electron chi connectivity index (χ2n) is 3.27. The maximum Gasteiger partial charge on any atom is 0.121 e. The van der Waals surface area contributed by atoms with Gasteiger partial charge in [0.1, 0.15) is 5.82 Å². The van der Waals surface area contributed by atoms with Crippen molar-refractivity contribution in [2.24, 2.45) is 7.05 Å². The standard InChI is InChI=1S/C10H12N4/c1-7-6-12-4-3-8(7)9-5-10(11)14(2)13-9/h3-6H,11H2,1-2H3. The number of pyridine rings is 1. The van der Waals surface area contributed by atoms with Crippen LogP contribution in [-0.4, -0.2) is 14.8 Å². The molecule has 0 aromatic carbocycles. The minimum atomic E-state index is 0.663. The van der Waals surface area contributed by atoms with Gasteiger partial charge in [0.05, 0.1) is 5.69 Å². The number of hydrogen-bond donors (Lipinski definition) is 1. The number of aryl methyl sites for hydroxylation is 2. The first-order chi connectivity index (χ1) is 6.68. The maximum atomic E-state index is 5.71. The van der Waals surface area contributed by atoms with E-state index in [-0.39, 0.29) is 0 Å². The van der Waals surface area contributed by atoms with Gasteiger partial charge < -0.3 is 5.73 Å². The molecule has 4 nitrogen and oxygen atoms in total. The first-order valence-corrected chi connectivity index (χ1v) is 4.39. The van der Waals surface area contributed by atoms with E-state index in [0.717, 1.165) is 16.8 Å². The fourth-order valence-electron chi connectivity index (χ4n) is 1.37. The van der Waals surface area contributed by atoms with Crippen molar-refractivity contribution >= 4 is 5.82 Å². The highest BCUT2D eigenvalue weighted by Crippen LogP contribution is 2.22. The van der Waals surface area contributed by atoms with E-state index in [2.05, 4.69) is 10.1 Å². The zero-order chi connectivity index (χ0) is 10.1. The molecule has 0 bridgehead atoms. The Hall–Kier alpha value is -1.84. The molecule has 0 saturated heterocycles. The van der Waals surface area contributed by atoms with Crippen LogP contribution in [0.5, 0.6) is 0 Å². The molecule has 72 valence electrons. The molecule has 0 radical (unpaired) electrons. The number of aromatic nitrogens is 3. The Labute approximate surface area is 82.4 Å². The van der Waals surface area contributed by atoms with E-state index in [1.54, 1.807) is 10.9 Å². The fraction of sp³-hybridized carbons (Fsp3) is 0.200. The summed E-state index contributed by atoms with van der Waals surface area (Å²) in [6, 6.07) is 3.80. The van der Waals surface area contributed by atoms with Crippen LogP contribution in [0.2, 0.25) is 0 Å². The average Bonchev–Trinajstić information content (AvgIpc) is 2.48. The number of nitrogens with zero attached hydrogens (tertiary/aromatic N) is 3. The Morgan fingerprint density at radius 2 is 2.21 bits per heavy atom. The summed E-state index contributed by atoms with van der Waals surface area (Å²) in [5, 5.41) is 4.31. The summed E-state index contributed by atoms with van der Waals surface area (Å²) in [6.07, 6.45) is 3.58. The molecule has 0 saturated carbocycles. The summed E-state index contributed by atoms with van der Waals surface area (Å²) in [5.74, 6) is 0.663. The summed E-state index contributed by atoms with van der Waals surface area (Å²) in [7, 11) is 1.83. The summed E-state index contributed by atoms with van der Waals surface area (Å²) in [4.78, 5) is 4.03. The van der Waals surface area contributed by atoms with Gasteiger partial charge in [-0.2, -0.15) is 5.10 Å². The van der Waals surface area contributed by atoms with E-state index < -0.39 is 0 Å². The van der Waals surface area contributed by atoms with Gasteiger partial charge in [-0.3, -0.25) is 9.67 Å². The Balaban J connectivity index is 2.55. The number of anilines is 1. The molecule has 0 amide bonds. The third-order valence-corrected chi connectivity index (χ3v) is 2.21. The van der Waals surface area contributed by atoms with Gasteiger partial charge in [-0.15, -0.1) is 0 Å². The van der Waals surface area contributed by atoms with Crippen molar-refractivity contribution in [2.45, 2.75) is 6.92 Å². The lowest BCUT2D eigenvalue weighted by Gasteiger charge is -1.99. The molecule has 2 aromatic heterocycles. The molecule has 0 unspecified atom stereocenters. The first kappa shape index (κ1) is 8.74. The Morgan fingerprint density at radius 1 is 1.43 bits per heavy atom. The smallest absolute Gasteiger partial charge is 0.121 e. The number of nitrogen functional groups attached to an aromatic ring is 1. The molecule has 0 aliphatic rings. The molecule has 2 N–H and O–H groups in total. The Bertz CT molecular complexity index is 439. The minimum Gasteiger partial charge on any atom is -0.384 e. The highest BCUT2D eigenvalue weighted by molar-refractivity contribution is 5.65. The Morgan fingerprint density at radius 3 is 2.79 bits per heavy atom. The van der Waals surface area contributed by atoms with Crippen molar-refractivity contribution < 1.29 is 0 Å². The van der Waals surface area contributed by atoms with Gasteiger partial charge in [-0.25, -0.2) is 0 Å². The van der Waals surface area contributed by atoms with E-state index in [4.69, 9.17) is 5.73 Å². The lowest BCUT2D eigenvalue weighted by molar-refractivity contribution is 0.782. The zero-order valence-electron chi connectivity index (χ0n) is 8.23. The van der Waals surface area contributed by atoms with Gasteiger partial charge in [0.15, 0.2) is 0 Å². The molecule has 2 rings (SSSR count). The fourth-order valence-corrected chi connectivity index (χ4v) is 1.37. The lowest BCUT2D eigenvalue weighted by Crippen LogP contribution is -1.96.